The van der Waals surface area contributed by atoms with Crippen LogP contribution in [0.1, 0.15) is 38.5 Å². The standard InChI is InChI=1S/C17H17NO2/c1-9-5-10(2)16-14(6-9)12-4-3-11(17(19)20)7-13(12)15(16)8-18/h3-7,15H,8,18H2,1-2H3,(H,19,20). The van der Waals surface area contributed by atoms with Crippen LogP contribution in [0, 0.1) is 13.8 Å². The van der Waals surface area contributed by atoms with Crippen molar-refractivity contribution in [2.45, 2.75) is 19.8 Å². The molecule has 0 heterocycles. The first-order chi connectivity index (χ1) is 9.52. The molecule has 20 heavy (non-hydrogen) atoms. The van der Waals surface area contributed by atoms with Gasteiger partial charge in [0.1, 0.15) is 0 Å². The third-order valence-corrected chi connectivity index (χ3v) is 4.08. The molecule has 1 unspecified atom stereocenters. The molecule has 0 saturated carbocycles. The summed E-state index contributed by atoms with van der Waals surface area (Å²) in [7, 11) is 0. The summed E-state index contributed by atoms with van der Waals surface area (Å²) in [5.74, 6) is -0.799. The average Bonchev–Trinajstić information content (AvgIpc) is 2.72. The maximum atomic E-state index is 11.2. The van der Waals surface area contributed by atoms with E-state index in [1.165, 1.54) is 22.3 Å². The molecule has 1 aliphatic rings. The van der Waals surface area contributed by atoms with E-state index in [1.54, 1.807) is 12.1 Å². The third-order valence-electron chi connectivity index (χ3n) is 4.08. The number of benzene rings is 2. The average molecular weight is 267 g/mol. The number of hydrogen-bond acceptors (Lipinski definition) is 2. The Morgan fingerprint density at radius 3 is 2.60 bits per heavy atom. The Bertz CT molecular complexity index is 719. The first kappa shape index (κ1) is 12.9. The van der Waals surface area contributed by atoms with E-state index < -0.39 is 5.97 Å². The minimum absolute atomic E-state index is 0.0971. The van der Waals surface area contributed by atoms with Crippen molar-refractivity contribution >= 4 is 5.97 Å². The normalized spacial score (nSPS) is 15.8. The van der Waals surface area contributed by atoms with E-state index in [2.05, 4.69) is 26.0 Å². The van der Waals surface area contributed by atoms with Gasteiger partial charge < -0.3 is 10.8 Å². The van der Waals surface area contributed by atoms with E-state index in [9.17, 15) is 4.79 Å². The Hall–Kier alpha value is -2.13. The lowest BCUT2D eigenvalue weighted by molar-refractivity contribution is 0.0697. The summed E-state index contributed by atoms with van der Waals surface area (Å²) in [5, 5.41) is 9.16. The Morgan fingerprint density at radius 2 is 1.95 bits per heavy atom. The number of hydrogen-bond donors (Lipinski definition) is 2. The Morgan fingerprint density at radius 1 is 1.20 bits per heavy atom. The van der Waals surface area contributed by atoms with Crippen LogP contribution in [0.4, 0.5) is 0 Å². The first-order valence-electron chi connectivity index (χ1n) is 6.71. The zero-order valence-electron chi connectivity index (χ0n) is 11.6. The minimum Gasteiger partial charge on any atom is -0.478 e. The number of rotatable bonds is 2. The minimum atomic E-state index is -0.896. The van der Waals surface area contributed by atoms with Crippen molar-refractivity contribution in [3.05, 3.63) is 58.1 Å². The molecule has 0 spiro atoms. The SMILES string of the molecule is Cc1cc(C)c2c(c1)-c1ccc(C(=O)O)cc1C2CN. The van der Waals surface area contributed by atoms with E-state index >= 15 is 0 Å². The van der Waals surface area contributed by atoms with Crippen LogP contribution >= 0.6 is 0 Å². The summed E-state index contributed by atoms with van der Waals surface area (Å²) in [5.41, 5.74) is 13.3. The van der Waals surface area contributed by atoms with Gasteiger partial charge in [0.05, 0.1) is 5.56 Å². The maximum Gasteiger partial charge on any atom is 0.335 e. The second-order valence-corrected chi connectivity index (χ2v) is 5.44. The number of aromatic carboxylic acids is 1. The fraction of sp³-hybridized carbons (Fsp3) is 0.235. The highest BCUT2D eigenvalue weighted by atomic mass is 16.4. The molecule has 3 nitrogen and oxygen atoms in total. The Labute approximate surface area is 118 Å². The van der Waals surface area contributed by atoms with Crippen molar-refractivity contribution in [3.63, 3.8) is 0 Å². The zero-order valence-corrected chi connectivity index (χ0v) is 11.6. The van der Waals surface area contributed by atoms with E-state index in [-0.39, 0.29) is 5.92 Å². The number of carbonyl (C=O) groups is 1. The molecule has 3 rings (SSSR count). The fourth-order valence-corrected chi connectivity index (χ4v) is 3.29. The van der Waals surface area contributed by atoms with Crippen molar-refractivity contribution in [3.8, 4) is 11.1 Å². The number of carboxylic acids is 1. The van der Waals surface area contributed by atoms with Crippen LogP contribution in [0.3, 0.4) is 0 Å². The molecule has 0 radical (unpaired) electrons. The number of aryl methyl sites for hydroxylation is 2. The van der Waals surface area contributed by atoms with Gasteiger partial charge in [0.25, 0.3) is 0 Å². The molecule has 3 N–H and O–H groups in total. The van der Waals surface area contributed by atoms with Crippen LogP contribution in [-0.2, 0) is 0 Å². The lowest BCUT2D eigenvalue weighted by atomic mass is 9.92. The second-order valence-electron chi connectivity index (χ2n) is 5.44. The number of nitrogens with two attached hydrogens (primary N) is 1. The largest absolute Gasteiger partial charge is 0.478 e. The fourth-order valence-electron chi connectivity index (χ4n) is 3.29. The molecule has 0 aromatic heterocycles. The zero-order chi connectivity index (χ0) is 14.4. The molecule has 1 atom stereocenters. The summed E-state index contributed by atoms with van der Waals surface area (Å²) >= 11 is 0. The summed E-state index contributed by atoms with van der Waals surface area (Å²) < 4.78 is 0. The van der Waals surface area contributed by atoms with Crippen LogP contribution < -0.4 is 5.73 Å². The van der Waals surface area contributed by atoms with Crippen LogP contribution in [-0.4, -0.2) is 17.6 Å². The molecule has 2 aromatic carbocycles. The van der Waals surface area contributed by atoms with Crippen molar-refractivity contribution in [2.75, 3.05) is 6.54 Å². The smallest absolute Gasteiger partial charge is 0.335 e. The Balaban J connectivity index is 2.29. The monoisotopic (exact) mass is 267 g/mol. The highest BCUT2D eigenvalue weighted by molar-refractivity contribution is 5.91. The number of fused-ring (bicyclic) bond motifs is 3. The lowest BCUT2D eigenvalue weighted by Gasteiger charge is -2.13. The predicted molar refractivity (Wildman–Crippen MR) is 79.2 cm³/mol. The molecule has 3 heteroatoms. The van der Waals surface area contributed by atoms with Crippen molar-refractivity contribution in [2.24, 2.45) is 5.73 Å². The van der Waals surface area contributed by atoms with Gasteiger partial charge in [0.2, 0.25) is 0 Å². The molecule has 0 fully saturated rings. The van der Waals surface area contributed by atoms with Gasteiger partial charge in [-0.25, -0.2) is 4.79 Å². The van der Waals surface area contributed by atoms with Gasteiger partial charge in [-0.05, 0) is 53.8 Å². The maximum absolute atomic E-state index is 11.2. The molecule has 102 valence electrons. The predicted octanol–water partition coefficient (Wildman–Crippen LogP) is 3.07. The van der Waals surface area contributed by atoms with Gasteiger partial charge in [-0.1, -0.05) is 23.8 Å². The first-order valence-corrected chi connectivity index (χ1v) is 6.71. The van der Waals surface area contributed by atoms with Crippen LogP contribution in [0.25, 0.3) is 11.1 Å². The Kier molecular flexibility index (Phi) is 2.87. The number of carboxylic acid groups (broad SMARTS) is 1. The molecule has 0 amide bonds. The van der Waals surface area contributed by atoms with E-state index in [1.807, 2.05) is 6.07 Å². The van der Waals surface area contributed by atoms with Gasteiger partial charge in [-0.3, -0.25) is 0 Å². The molecule has 2 aromatic rings. The van der Waals surface area contributed by atoms with Crippen LogP contribution in [0.5, 0.6) is 0 Å². The van der Waals surface area contributed by atoms with E-state index in [0.29, 0.717) is 12.1 Å². The third kappa shape index (κ3) is 1.74. The van der Waals surface area contributed by atoms with Gasteiger partial charge in [0, 0.05) is 12.5 Å². The highest BCUT2D eigenvalue weighted by Crippen LogP contribution is 2.46. The van der Waals surface area contributed by atoms with E-state index in [4.69, 9.17) is 10.8 Å². The van der Waals surface area contributed by atoms with Crippen molar-refractivity contribution in [1.82, 2.24) is 0 Å². The quantitative estimate of drug-likeness (QED) is 0.879. The van der Waals surface area contributed by atoms with Gasteiger partial charge >= 0.3 is 5.97 Å². The summed E-state index contributed by atoms with van der Waals surface area (Å²) in [6, 6.07) is 9.67. The highest BCUT2D eigenvalue weighted by Gasteiger charge is 2.30. The van der Waals surface area contributed by atoms with Gasteiger partial charge in [0.15, 0.2) is 0 Å². The van der Waals surface area contributed by atoms with Crippen molar-refractivity contribution in [1.29, 1.82) is 0 Å². The lowest BCUT2D eigenvalue weighted by Crippen LogP contribution is -2.13. The van der Waals surface area contributed by atoms with Crippen molar-refractivity contribution < 1.29 is 9.90 Å². The van der Waals surface area contributed by atoms with E-state index in [0.717, 1.165) is 11.1 Å². The molecular weight excluding hydrogens is 250 g/mol. The van der Waals surface area contributed by atoms with Gasteiger partial charge in [-0.2, -0.15) is 0 Å². The molecule has 1 aliphatic carbocycles. The molecule has 0 saturated heterocycles. The molecule has 0 bridgehead atoms. The molecule has 0 aliphatic heterocycles. The summed E-state index contributed by atoms with van der Waals surface area (Å²) in [6.07, 6.45) is 0. The summed E-state index contributed by atoms with van der Waals surface area (Å²) in [4.78, 5) is 11.2. The van der Waals surface area contributed by atoms with Crippen LogP contribution in [0.2, 0.25) is 0 Å². The molecular formula is C17H17NO2. The summed E-state index contributed by atoms with van der Waals surface area (Å²) in [6.45, 7) is 4.67. The van der Waals surface area contributed by atoms with Crippen LogP contribution in [0.15, 0.2) is 30.3 Å². The second kappa shape index (κ2) is 4.46. The topological polar surface area (TPSA) is 63.3 Å². The van der Waals surface area contributed by atoms with Gasteiger partial charge in [-0.15, -0.1) is 0 Å².